The van der Waals surface area contributed by atoms with Crippen molar-refractivity contribution in [1.29, 1.82) is 0 Å². The Hall–Kier alpha value is -1.82. The number of hydrogen-bond acceptors (Lipinski definition) is 1. The molecule has 0 saturated heterocycles. The summed E-state index contributed by atoms with van der Waals surface area (Å²) in [4.78, 5) is 2.67. The second-order valence-corrected chi connectivity index (χ2v) is 8.20. The summed E-state index contributed by atoms with van der Waals surface area (Å²) in [7, 11) is 0. The zero-order valence-corrected chi connectivity index (χ0v) is 16.9. The quantitative estimate of drug-likeness (QED) is 0.584. The van der Waals surface area contributed by atoms with Gasteiger partial charge in [-0.15, -0.1) is 0 Å². The van der Waals surface area contributed by atoms with Crippen LogP contribution in [0, 0.1) is 0 Å². The van der Waals surface area contributed by atoms with Gasteiger partial charge in [0.1, 0.15) is 0 Å². The summed E-state index contributed by atoms with van der Waals surface area (Å²) in [5.41, 5.74) is 5.89. The van der Waals surface area contributed by atoms with Crippen molar-refractivity contribution in [1.82, 2.24) is 4.90 Å². The normalized spacial score (nSPS) is 16.5. The second kappa shape index (κ2) is 8.25. The van der Waals surface area contributed by atoms with Crippen molar-refractivity contribution in [3.63, 3.8) is 0 Å². The SMILES string of the molecule is [As]c1cccc2c1CC[C@@H](N(Cc1ccccc1)Cc1ccccc1)C2. The zero-order chi connectivity index (χ0) is 17.8. The van der Waals surface area contributed by atoms with Crippen molar-refractivity contribution in [2.24, 2.45) is 0 Å². The first-order chi connectivity index (χ1) is 12.8. The van der Waals surface area contributed by atoms with Crippen LogP contribution >= 0.6 is 0 Å². The van der Waals surface area contributed by atoms with Gasteiger partial charge in [0.2, 0.25) is 0 Å². The van der Waals surface area contributed by atoms with E-state index < -0.39 is 0 Å². The Morgan fingerprint density at radius 3 is 2.00 bits per heavy atom. The Kier molecular flexibility index (Phi) is 5.58. The van der Waals surface area contributed by atoms with Gasteiger partial charge >= 0.3 is 166 Å². The van der Waals surface area contributed by atoms with Gasteiger partial charge in [-0.1, -0.05) is 0 Å². The van der Waals surface area contributed by atoms with Crippen molar-refractivity contribution < 1.29 is 0 Å². The molecule has 0 aliphatic heterocycles. The molecular weight excluding hydrogens is 377 g/mol. The van der Waals surface area contributed by atoms with Crippen molar-refractivity contribution in [3.05, 3.63) is 101 Å². The zero-order valence-electron chi connectivity index (χ0n) is 15.0. The van der Waals surface area contributed by atoms with Gasteiger partial charge in [-0.2, -0.15) is 0 Å². The van der Waals surface area contributed by atoms with Crippen LogP contribution in [-0.4, -0.2) is 27.8 Å². The Morgan fingerprint density at radius 2 is 1.38 bits per heavy atom. The molecule has 0 unspecified atom stereocenters. The van der Waals surface area contributed by atoms with Crippen LogP contribution in [0.1, 0.15) is 28.7 Å². The van der Waals surface area contributed by atoms with E-state index in [9.17, 15) is 0 Å². The fourth-order valence-electron chi connectivity index (χ4n) is 4.03. The first kappa shape index (κ1) is 17.6. The van der Waals surface area contributed by atoms with E-state index in [0.717, 1.165) is 19.5 Å². The number of fused-ring (bicyclic) bond motifs is 1. The van der Waals surface area contributed by atoms with E-state index in [-0.39, 0.29) is 0 Å². The second-order valence-electron chi connectivity index (χ2n) is 7.19. The van der Waals surface area contributed by atoms with Crippen molar-refractivity contribution in [2.45, 2.75) is 38.4 Å². The van der Waals surface area contributed by atoms with Crippen molar-refractivity contribution in [2.75, 3.05) is 0 Å². The molecule has 2 heteroatoms. The van der Waals surface area contributed by atoms with E-state index in [1.165, 1.54) is 33.9 Å². The van der Waals surface area contributed by atoms with Crippen LogP contribution in [0.25, 0.3) is 0 Å². The van der Waals surface area contributed by atoms with Gasteiger partial charge in [0.15, 0.2) is 0 Å². The minimum atomic E-state index is 0.595. The standard InChI is InChI=1S/C24H24AsN/c25-24-13-7-12-21-16-22(14-15-23(21)24)26(17-19-8-3-1-4-9-19)18-20-10-5-2-6-11-20/h1-13,22H,14-18H2/t22-/m1/s1. The summed E-state index contributed by atoms with van der Waals surface area (Å²) in [6, 6.07) is 29.1. The first-order valence-corrected chi connectivity index (χ1v) is 10.3. The molecule has 3 aromatic carbocycles. The van der Waals surface area contributed by atoms with E-state index in [4.69, 9.17) is 0 Å². The molecule has 26 heavy (non-hydrogen) atoms. The summed E-state index contributed by atoms with van der Waals surface area (Å²) in [5, 5.41) is 0. The van der Waals surface area contributed by atoms with E-state index >= 15 is 0 Å². The van der Waals surface area contributed by atoms with Gasteiger partial charge in [-0.05, 0) is 0 Å². The van der Waals surface area contributed by atoms with Crippen LogP contribution in [0.5, 0.6) is 0 Å². The molecule has 0 bridgehead atoms. The Balaban J connectivity index is 1.58. The Labute approximate surface area is 165 Å². The van der Waals surface area contributed by atoms with Gasteiger partial charge in [0.25, 0.3) is 0 Å². The fourth-order valence-corrected chi connectivity index (χ4v) is 4.75. The molecule has 2 radical (unpaired) electrons. The molecule has 4 rings (SSSR count). The molecule has 1 atom stereocenters. The fraction of sp³-hybridized carbons (Fsp3) is 0.250. The first-order valence-electron chi connectivity index (χ1n) is 9.41. The summed E-state index contributed by atoms with van der Waals surface area (Å²) >= 11 is 2.75. The van der Waals surface area contributed by atoms with E-state index in [1.807, 2.05) is 0 Å². The molecule has 0 spiro atoms. The van der Waals surface area contributed by atoms with Gasteiger partial charge in [0.05, 0.1) is 0 Å². The summed E-state index contributed by atoms with van der Waals surface area (Å²) < 4.78 is 1.39. The molecule has 0 saturated carbocycles. The summed E-state index contributed by atoms with van der Waals surface area (Å²) in [6.07, 6.45) is 3.58. The number of nitrogens with zero attached hydrogens (tertiary/aromatic N) is 1. The van der Waals surface area contributed by atoms with Gasteiger partial charge in [0, 0.05) is 0 Å². The molecule has 0 aromatic heterocycles. The Morgan fingerprint density at radius 1 is 0.769 bits per heavy atom. The molecule has 1 aliphatic carbocycles. The number of rotatable bonds is 5. The molecule has 1 nitrogen and oxygen atoms in total. The molecule has 0 fully saturated rings. The molecule has 0 amide bonds. The molecule has 130 valence electrons. The van der Waals surface area contributed by atoms with E-state index in [2.05, 4.69) is 101 Å². The predicted octanol–water partition coefficient (Wildman–Crippen LogP) is 4.04. The van der Waals surface area contributed by atoms with Crippen LogP contribution in [0.4, 0.5) is 0 Å². The van der Waals surface area contributed by atoms with Crippen LogP contribution in [0.2, 0.25) is 0 Å². The molecule has 0 N–H and O–H groups in total. The van der Waals surface area contributed by atoms with Gasteiger partial charge < -0.3 is 0 Å². The van der Waals surface area contributed by atoms with Crippen molar-refractivity contribution in [3.8, 4) is 0 Å². The summed E-state index contributed by atoms with van der Waals surface area (Å²) in [5.74, 6) is 0. The third kappa shape index (κ3) is 4.11. The third-order valence-electron chi connectivity index (χ3n) is 5.40. The topological polar surface area (TPSA) is 3.24 Å². The molecular formula is C24H24AsN. The minimum absolute atomic E-state index is 0.595. The van der Waals surface area contributed by atoms with Crippen molar-refractivity contribution >= 4 is 21.2 Å². The summed E-state index contributed by atoms with van der Waals surface area (Å²) in [6.45, 7) is 2.02. The average Bonchev–Trinajstić information content (AvgIpc) is 2.69. The number of hydrogen-bond donors (Lipinski definition) is 0. The van der Waals surface area contributed by atoms with Crippen LogP contribution < -0.4 is 4.35 Å². The molecule has 1 aliphatic rings. The monoisotopic (exact) mass is 401 g/mol. The number of benzene rings is 3. The maximum atomic E-state index is 2.75. The van der Waals surface area contributed by atoms with Crippen LogP contribution in [0.15, 0.2) is 78.9 Å². The van der Waals surface area contributed by atoms with E-state index in [1.54, 1.807) is 5.56 Å². The third-order valence-corrected chi connectivity index (χ3v) is 6.28. The Bertz CT molecular complexity index is 803. The van der Waals surface area contributed by atoms with Gasteiger partial charge in [-0.25, -0.2) is 0 Å². The average molecular weight is 401 g/mol. The molecule has 3 aromatic rings. The van der Waals surface area contributed by atoms with Crippen LogP contribution in [0.3, 0.4) is 0 Å². The molecule has 0 heterocycles. The van der Waals surface area contributed by atoms with Gasteiger partial charge in [-0.3, -0.25) is 0 Å². The van der Waals surface area contributed by atoms with Crippen LogP contribution in [-0.2, 0) is 25.9 Å². The predicted molar refractivity (Wildman–Crippen MR) is 110 cm³/mol. The van der Waals surface area contributed by atoms with E-state index in [0.29, 0.717) is 6.04 Å². The maximum absolute atomic E-state index is 2.75.